The molecule has 0 aliphatic carbocycles. The van der Waals surface area contributed by atoms with E-state index in [4.69, 9.17) is 5.73 Å². The predicted octanol–water partition coefficient (Wildman–Crippen LogP) is -0.0192. The number of hydrogen-bond acceptors (Lipinski definition) is 6. The van der Waals surface area contributed by atoms with Gasteiger partial charge in [0.15, 0.2) is 0 Å². The van der Waals surface area contributed by atoms with Crippen molar-refractivity contribution >= 4 is 17.7 Å². The number of benzene rings is 1. The summed E-state index contributed by atoms with van der Waals surface area (Å²) in [6, 6.07) is 5.29. The molecule has 8 nitrogen and oxygen atoms in total. The van der Waals surface area contributed by atoms with Gasteiger partial charge in [-0.1, -0.05) is 12.1 Å². The lowest BCUT2D eigenvalue weighted by Crippen LogP contribution is -2.52. The van der Waals surface area contributed by atoms with Gasteiger partial charge in [-0.3, -0.25) is 24.6 Å². The molecule has 3 aliphatic rings. The van der Waals surface area contributed by atoms with Crippen molar-refractivity contribution < 1.29 is 19.5 Å². The largest absolute Gasteiger partial charge is 0.396 e. The van der Waals surface area contributed by atoms with Crippen LogP contribution in [0.15, 0.2) is 18.2 Å². The highest BCUT2D eigenvalue weighted by Gasteiger charge is 2.39. The molecule has 1 aromatic rings. The van der Waals surface area contributed by atoms with E-state index in [0.29, 0.717) is 25.1 Å². The molecule has 2 saturated heterocycles. The van der Waals surface area contributed by atoms with Gasteiger partial charge < -0.3 is 15.7 Å². The van der Waals surface area contributed by atoms with Crippen molar-refractivity contribution in [3.8, 4) is 0 Å². The van der Waals surface area contributed by atoms with Gasteiger partial charge in [-0.05, 0) is 49.5 Å². The van der Waals surface area contributed by atoms with E-state index in [-0.39, 0.29) is 36.2 Å². The Balaban J connectivity index is 1.42. The van der Waals surface area contributed by atoms with Crippen molar-refractivity contribution in [1.29, 1.82) is 0 Å². The molecule has 3 amide bonds. The third-order valence-electron chi connectivity index (χ3n) is 6.68. The molecule has 0 spiro atoms. The molecule has 4 N–H and O–H groups in total. The van der Waals surface area contributed by atoms with E-state index in [2.05, 4.69) is 16.3 Å². The van der Waals surface area contributed by atoms with Crippen molar-refractivity contribution in [2.45, 2.75) is 44.8 Å². The zero-order valence-corrected chi connectivity index (χ0v) is 16.5. The summed E-state index contributed by atoms with van der Waals surface area (Å²) in [6.07, 6.45) is 2.40. The Morgan fingerprint density at radius 2 is 1.97 bits per heavy atom. The quantitative estimate of drug-likeness (QED) is 0.599. The number of aliphatic hydroxyl groups is 1. The summed E-state index contributed by atoms with van der Waals surface area (Å²) < 4.78 is 0. The molecule has 3 heterocycles. The van der Waals surface area contributed by atoms with Gasteiger partial charge in [0, 0.05) is 43.6 Å². The van der Waals surface area contributed by atoms with Crippen LogP contribution >= 0.6 is 0 Å². The van der Waals surface area contributed by atoms with Crippen LogP contribution in [0.2, 0.25) is 0 Å². The Kier molecular flexibility index (Phi) is 5.42. The van der Waals surface area contributed by atoms with Crippen LogP contribution < -0.4 is 11.1 Å². The number of nitrogens with one attached hydrogen (secondary N) is 1. The fourth-order valence-electron chi connectivity index (χ4n) is 4.60. The minimum absolute atomic E-state index is 0.133. The highest BCUT2D eigenvalue weighted by atomic mass is 16.3. The van der Waals surface area contributed by atoms with Crippen molar-refractivity contribution in [3.63, 3.8) is 0 Å². The van der Waals surface area contributed by atoms with Crippen molar-refractivity contribution in [2.24, 2.45) is 11.1 Å². The van der Waals surface area contributed by atoms with Crippen LogP contribution in [-0.2, 0) is 22.7 Å². The summed E-state index contributed by atoms with van der Waals surface area (Å²) in [6.45, 7) is 3.59. The number of fused-ring (bicyclic) bond motifs is 1. The highest BCUT2D eigenvalue weighted by molar-refractivity contribution is 6.05. The van der Waals surface area contributed by atoms with Gasteiger partial charge in [0.25, 0.3) is 5.91 Å². The third kappa shape index (κ3) is 3.80. The molecule has 1 unspecified atom stereocenters. The predicted molar refractivity (Wildman–Crippen MR) is 106 cm³/mol. The van der Waals surface area contributed by atoms with Gasteiger partial charge in [0.1, 0.15) is 6.04 Å². The molecule has 8 heteroatoms. The molecule has 0 bridgehead atoms. The molecule has 0 radical (unpaired) electrons. The Morgan fingerprint density at radius 1 is 1.21 bits per heavy atom. The molecule has 2 fully saturated rings. The van der Waals surface area contributed by atoms with Gasteiger partial charge in [0.2, 0.25) is 11.8 Å². The van der Waals surface area contributed by atoms with E-state index in [9.17, 15) is 19.5 Å². The Bertz CT molecular complexity index is 826. The number of carbonyl (C=O) groups is 3. The lowest BCUT2D eigenvalue weighted by atomic mass is 9.79. The number of aliphatic hydroxyl groups excluding tert-OH is 1. The lowest BCUT2D eigenvalue weighted by molar-refractivity contribution is -0.136. The van der Waals surface area contributed by atoms with E-state index in [0.717, 1.165) is 43.6 Å². The topological polar surface area (TPSA) is 116 Å². The first-order valence-corrected chi connectivity index (χ1v) is 10.2. The molecule has 0 aromatic heterocycles. The zero-order valence-electron chi connectivity index (χ0n) is 16.5. The van der Waals surface area contributed by atoms with E-state index >= 15 is 0 Å². The summed E-state index contributed by atoms with van der Waals surface area (Å²) in [4.78, 5) is 40.2. The summed E-state index contributed by atoms with van der Waals surface area (Å²) in [5.41, 5.74) is 8.40. The summed E-state index contributed by atoms with van der Waals surface area (Å²) >= 11 is 0. The van der Waals surface area contributed by atoms with Crippen LogP contribution in [0.5, 0.6) is 0 Å². The molecular formula is C21H28N4O4. The van der Waals surface area contributed by atoms with E-state index < -0.39 is 6.04 Å². The maximum Gasteiger partial charge on any atom is 0.255 e. The fraction of sp³-hybridized carbons (Fsp3) is 0.571. The molecule has 29 heavy (non-hydrogen) atoms. The van der Waals surface area contributed by atoms with Crippen LogP contribution in [0.3, 0.4) is 0 Å². The van der Waals surface area contributed by atoms with Gasteiger partial charge >= 0.3 is 0 Å². The number of hydrogen-bond donors (Lipinski definition) is 3. The van der Waals surface area contributed by atoms with Crippen LogP contribution in [0, 0.1) is 5.41 Å². The van der Waals surface area contributed by atoms with Crippen molar-refractivity contribution in [2.75, 3.05) is 26.2 Å². The average Bonchev–Trinajstić information content (AvgIpc) is 3.04. The number of nitrogens with two attached hydrogens (primary N) is 1. The number of likely N-dealkylation sites (tertiary alicyclic amines) is 1. The zero-order chi connectivity index (χ0) is 20.6. The maximum absolute atomic E-state index is 12.8. The minimum atomic E-state index is -0.582. The molecule has 1 aromatic carbocycles. The normalized spacial score (nSPS) is 24.6. The molecule has 4 rings (SSSR count). The Labute approximate surface area is 170 Å². The molecule has 3 aliphatic heterocycles. The number of imide groups is 1. The van der Waals surface area contributed by atoms with E-state index in [1.807, 2.05) is 12.1 Å². The van der Waals surface area contributed by atoms with Crippen LogP contribution in [0.25, 0.3) is 0 Å². The standard InChI is InChI=1S/C21H28N4O4/c22-12-21(13-26)5-7-24(8-6-21)10-14-1-2-16-15(9-14)11-25(20(16)29)17-3-4-18(27)23-19(17)28/h1-2,9,17,26H,3-8,10-13,22H2,(H,23,27,28). The second kappa shape index (κ2) is 7.85. The Morgan fingerprint density at radius 3 is 2.62 bits per heavy atom. The van der Waals surface area contributed by atoms with E-state index in [1.165, 1.54) is 0 Å². The first-order chi connectivity index (χ1) is 13.9. The van der Waals surface area contributed by atoms with Crippen LogP contribution in [0.4, 0.5) is 0 Å². The van der Waals surface area contributed by atoms with Crippen LogP contribution in [-0.4, -0.2) is 64.9 Å². The lowest BCUT2D eigenvalue weighted by Gasteiger charge is -2.40. The average molecular weight is 400 g/mol. The highest BCUT2D eigenvalue weighted by Crippen LogP contribution is 2.32. The Hall–Kier alpha value is -2.29. The molecule has 1 atom stereocenters. The minimum Gasteiger partial charge on any atom is -0.396 e. The van der Waals surface area contributed by atoms with E-state index in [1.54, 1.807) is 4.90 Å². The molecule has 0 saturated carbocycles. The fourth-order valence-corrected chi connectivity index (χ4v) is 4.60. The maximum atomic E-state index is 12.8. The third-order valence-corrected chi connectivity index (χ3v) is 6.68. The monoisotopic (exact) mass is 400 g/mol. The molecular weight excluding hydrogens is 372 g/mol. The SMILES string of the molecule is NCC1(CO)CCN(Cc2ccc3c(c2)CN(C2CCC(=O)NC2=O)C3=O)CC1. The van der Waals surface area contributed by atoms with Crippen LogP contribution in [0.1, 0.15) is 47.2 Å². The van der Waals surface area contributed by atoms with Crippen molar-refractivity contribution in [1.82, 2.24) is 15.1 Å². The van der Waals surface area contributed by atoms with Gasteiger partial charge in [0.05, 0.1) is 0 Å². The number of carbonyl (C=O) groups excluding carboxylic acids is 3. The number of nitrogens with zero attached hydrogens (tertiary/aromatic N) is 2. The summed E-state index contributed by atoms with van der Waals surface area (Å²) in [7, 11) is 0. The summed E-state index contributed by atoms with van der Waals surface area (Å²) in [5.74, 6) is -0.808. The van der Waals surface area contributed by atoms with Gasteiger partial charge in [-0.15, -0.1) is 0 Å². The number of amides is 3. The second-order valence-electron chi connectivity index (χ2n) is 8.53. The first-order valence-electron chi connectivity index (χ1n) is 10.2. The first kappa shape index (κ1) is 20.0. The van der Waals surface area contributed by atoms with Gasteiger partial charge in [-0.2, -0.15) is 0 Å². The number of rotatable bonds is 5. The van der Waals surface area contributed by atoms with Crippen molar-refractivity contribution in [3.05, 3.63) is 34.9 Å². The smallest absolute Gasteiger partial charge is 0.255 e. The number of piperidine rings is 2. The second-order valence-corrected chi connectivity index (χ2v) is 8.53. The summed E-state index contributed by atoms with van der Waals surface area (Å²) in [5, 5.41) is 12.0. The molecule has 156 valence electrons. The van der Waals surface area contributed by atoms with Gasteiger partial charge in [-0.25, -0.2) is 0 Å².